The quantitative estimate of drug-likeness (QED) is 0.427. The molecule has 0 aliphatic carbocycles. The molecule has 12 heteroatoms. The van der Waals surface area contributed by atoms with E-state index in [1.54, 1.807) is 31.2 Å². The number of fused-ring (bicyclic) bond motifs is 1. The van der Waals surface area contributed by atoms with Gasteiger partial charge in [-0.05, 0) is 91.9 Å². The second kappa shape index (κ2) is 11.0. The number of carbonyl (C=O) groups is 1. The molecule has 0 aromatic heterocycles. The largest absolute Gasteiger partial charge is 0.496 e. The minimum absolute atomic E-state index is 0.0568. The molecule has 0 spiro atoms. The first kappa shape index (κ1) is 28.4. The van der Waals surface area contributed by atoms with E-state index in [0.717, 1.165) is 5.56 Å². The van der Waals surface area contributed by atoms with Crippen molar-refractivity contribution in [3.05, 3.63) is 76.8 Å². The Morgan fingerprint density at radius 2 is 1.68 bits per heavy atom. The Kier molecular flexibility index (Phi) is 7.84. The third-order valence-corrected chi connectivity index (χ3v) is 11.3. The van der Waals surface area contributed by atoms with Gasteiger partial charge in [-0.3, -0.25) is 9.10 Å². The summed E-state index contributed by atoms with van der Waals surface area (Å²) < 4.78 is 61.3. The predicted molar refractivity (Wildman–Crippen MR) is 154 cm³/mol. The van der Waals surface area contributed by atoms with E-state index in [9.17, 15) is 21.6 Å². The van der Waals surface area contributed by atoms with Gasteiger partial charge in [-0.2, -0.15) is 4.31 Å². The molecule has 1 atom stereocenters. The van der Waals surface area contributed by atoms with Crippen LogP contribution in [0.5, 0.6) is 5.75 Å². The summed E-state index contributed by atoms with van der Waals surface area (Å²) >= 11 is 5.93. The van der Waals surface area contributed by atoms with Crippen LogP contribution in [0.4, 0.5) is 11.4 Å². The molecule has 5 rings (SSSR count). The normalized spacial score (nSPS) is 17.9. The summed E-state index contributed by atoms with van der Waals surface area (Å²) in [6.45, 7) is 2.45. The summed E-state index contributed by atoms with van der Waals surface area (Å²) in [6.07, 6.45) is 1.64. The van der Waals surface area contributed by atoms with Crippen LogP contribution >= 0.6 is 11.6 Å². The maximum atomic E-state index is 13.3. The summed E-state index contributed by atoms with van der Waals surface area (Å²) in [4.78, 5) is 13.5. The molecule has 0 bridgehead atoms. The van der Waals surface area contributed by atoms with E-state index < -0.39 is 26.0 Å². The average Bonchev–Trinajstić information content (AvgIpc) is 3.37. The number of nitrogens with zero attached hydrogens (tertiary/aromatic N) is 2. The van der Waals surface area contributed by atoms with Gasteiger partial charge >= 0.3 is 0 Å². The summed E-state index contributed by atoms with van der Waals surface area (Å²) in [6, 6.07) is 15.9. The molecule has 3 aromatic rings. The number of hydrogen-bond acceptors (Lipinski definition) is 6. The number of piperidine rings is 1. The zero-order chi connectivity index (χ0) is 28.7. The van der Waals surface area contributed by atoms with E-state index in [-0.39, 0.29) is 28.8 Å². The lowest BCUT2D eigenvalue weighted by Crippen LogP contribution is -2.43. The third-order valence-electron chi connectivity index (χ3n) is 7.37. The molecule has 2 aliphatic heterocycles. The lowest BCUT2D eigenvalue weighted by atomic mass is 9.98. The van der Waals surface area contributed by atoms with Gasteiger partial charge in [0.15, 0.2) is 0 Å². The molecular weight excluding hydrogens is 574 g/mol. The van der Waals surface area contributed by atoms with E-state index in [1.165, 1.54) is 46.1 Å². The first-order valence-corrected chi connectivity index (χ1v) is 16.1. The van der Waals surface area contributed by atoms with Crippen molar-refractivity contribution < 1.29 is 26.4 Å². The first-order chi connectivity index (χ1) is 19.0. The number of carbonyl (C=O) groups excluding carboxylic acids is 1. The van der Waals surface area contributed by atoms with Crippen LogP contribution in [0.2, 0.25) is 5.02 Å². The topological polar surface area (TPSA) is 113 Å². The Morgan fingerprint density at radius 3 is 2.38 bits per heavy atom. The number of rotatable bonds is 7. The van der Waals surface area contributed by atoms with Crippen molar-refractivity contribution in [2.75, 3.05) is 36.4 Å². The highest BCUT2D eigenvalue weighted by molar-refractivity contribution is 7.92. The SMILES string of the molecule is COc1ccc(S(=O)(=O)N2CCC[C@@H](C(=O)Nc3ccc4c(c3)N(S(=O)(=O)c3ccc(Cl)cc3)CC4)C2)cc1C. The van der Waals surface area contributed by atoms with Gasteiger partial charge in [0.1, 0.15) is 5.75 Å². The fraction of sp³-hybridized carbons (Fsp3) is 0.321. The van der Waals surface area contributed by atoms with E-state index in [1.807, 2.05) is 6.07 Å². The minimum Gasteiger partial charge on any atom is -0.496 e. The molecule has 1 N–H and O–H groups in total. The Balaban J connectivity index is 1.31. The minimum atomic E-state index is -3.81. The maximum absolute atomic E-state index is 13.3. The average molecular weight is 604 g/mol. The van der Waals surface area contributed by atoms with E-state index in [4.69, 9.17) is 16.3 Å². The number of amides is 1. The number of sulfonamides is 2. The number of hydrogen-bond donors (Lipinski definition) is 1. The molecule has 1 amide bonds. The van der Waals surface area contributed by atoms with Crippen LogP contribution in [0, 0.1) is 12.8 Å². The van der Waals surface area contributed by atoms with Gasteiger partial charge in [-0.15, -0.1) is 0 Å². The summed E-state index contributed by atoms with van der Waals surface area (Å²) in [5.41, 5.74) is 2.53. The molecule has 1 saturated heterocycles. The molecule has 2 heterocycles. The molecular formula is C28H30ClN3O6S2. The molecule has 9 nitrogen and oxygen atoms in total. The Hall–Kier alpha value is -3.12. The zero-order valence-corrected chi connectivity index (χ0v) is 24.5. The van der Waals surface area contributed by atoms with Crippen LogP contribution < -0.4 is 14.4 Å². The smallest absolute Gasteiger partial charge is 0.264 e. The standard InChI is InChI=1S/C28H30ClN3O6S2/c1-19-16-25(11-12-27(19)38-2)39(34,35)31-14-3-4-21(18-31)28(33)30-23-8-5-20-13-15-32(26(20)17-23)40(36,37)24-9-6-22(29)7-10-24/h5-12,16-17,21H,3-4,13-15,18H2,1-2H3,(H,30,33)/t21-/m1/s1. The molecule has 2 aliphatic rings. The number of anilines is 2. The fourth-order valence-corrected chi connectivity index (χ4v) is 8.42. The monoisotopic (exact) mass is 603 g/mol. The van der Waals surface area contributed by atoms with Crippen LogP contribution in [0.15, 0.2) is 70.5 Å². The maximum Gasteiger partial charge on any atom is 0.264 e. The number of nitrogens with one attached hydrogen (secondary N) is 1. The van der Waals surface area contributed by atoms with E-state index in [0.29, 0.717) is 53.5 Å². The van der Waals surface area contributed by atoms with E-state index in [2.05, 4.69) is 5.32 Å². The number of aryl methyl sites for hydroxylation is 1. The van der Waals surface area contributed by atoms with Crippen molar-refractivity contribution in [2.45, 2.75) is 36.0 Å². The van der Waals surface area contributed by atoms with Gasteiger partial charge in [0, 0.05) is 30.3 Å². The van der Waals surface area contributed by atoms with Crippen molar-refractivity contribution in [2.24, 2.45) is 5.92 Å². The molecule has 0 saturated carbocycles. The molecule has 40 heavy (non-hydrogen) atoms. The second-order valence-corrected chi connectivity index (χ2v) is 14.2. The van der Waals surface area contributed by atoms with Gasteiger partial charge in [0.25, 0.3) is 10.0 Å². The highest BCUT2D eigenvalue weighted by Crippen LogP contribution is 2.36. The van der Waals surface area contributed by atoms with Gasteiger partial charge in [-0.25, -0.2) is 16.8 Å². The lowest BCUT2D eigenvalue weighted by Gasteiger charge is -2.31. The number of benzene rings is 3. The van der Waals surface area contributed by atoms with Crippen molar-refractivity contribution in [1.29, 1.82) is 0 Å². The highest BCUT2D eigenvalue weighted by atomic mass is 35.5. The summed E-state index contributed by atoms with van der Waals surface area (Å²) in [7, 11) is -6.08. The molecule has 0 unspecified atom stereocenters. The van der Waals surface area contributed by atoms with Gasteiger partial charge in [-0.1, -0.05) is 17.7 Å². The molecule has 1 fully saturated rings. The van der Waals surface area contributed by atoms with Crippen LogP contribution in [0.1, 0.15) is 24.0 Å². The Bertz CT molecular complexity index is 1660. The zero-order valence-electron chi connectivity index (χ0n) is 22.1. The van der Waals surface area contributed by atoms with Crippen LogP contribution in [-0.4, -0.2) is 53.8 Å². The number of ether oxygens (including phenoxy) is 1. The molecule has 212 valence electrons. The number of methoxy groups -OCH3 is 1. The predicted octanol–water partition coefficient (Wildman–Crippen LogP) is 4.45. The number of halogens is 1. The Labute approximate surface area is 239 Å². The van der Waals surface area contributed by atoms with Crippen LogP contribution in [-0.2, 0) is 31.3 Å². The summed E-state index contributed by atoms with van der Waals surface area (Å²) in [5, 5.41) is 3.32. The van der Waals surface area contributed by atoms with Gasteiger partial charge < -0.3 is 10.1 Å². The fourth-order valence-electron chi connectivity index (χ4n) is 5.19. The summed E-state index contributed by atoms with van der Waals surface area (Å²) in [5.74, 6) is -0.260. The second-order valence-electron chi connectivity index (χ2n) is 9.95. The third kappa shape index (κ3) is 5.43. The first-order valence-electron chi connectivity index (χ1n) is 12.9. The molecule has 3 aromatic carbocycles. The highest BCUT2D eigenvalue weighted by Gasteiger charge is 2.35. The van der Waals surface area contributed by atoms with Gasteiger partial charge in [0.2, 0.25) is 15.9 Å². The van der Waals surface area contributed by atoms with Crippen LogP contribution in [0.25, 0.3) is 0 Å². The Morgan fingerprint density at radius 1 is 0.950 bits per heavy atom. The lowest BCUT2D eigenvalue weighted by molar-refractivity contribution is -0.120. The van der Waals surface area contributed by atoms with Crippen LogP contribution in [0.3, 0.4) is 0 Å². The van der Waals surface area contributed by atoms with Crippen molar-refractivity contribution in [1.82, 2.24) is 4.31 Å². The van der Waals surface area contributed by atoms with E-state index >= 15 is 0 Å². The van der Waals surface area contributed by atoms with Crippen molar-refractivity contribution in [3.8, 4) is 5.75 Å². The molecule has 0 radical (unpaired) electrons. The van der Waals surface area contributed by atoms with Crippen molar-refractivity contribution >= 4 is 48.9 Å². The van der Waals surface area contributed by atoms with Gasteiger partial charge in [0.05, 0.1) is 28.5 Å². The van der Waals surface area contributed by atoms with Crippen molar-refractivity contribution in [3.63, 3.8) is 0 Å².